The summed E-state index contributed by atoms with van der Waals surface area (Å²) in [5.74, 6) is 0.393. The summed E-state index contributed by atoms with van der Waals surface area (Å²) in [4.78, 5) is 11.9. The quantitative estimate of drug-likeness (QED) is 0.746. The van der Waals surface area contributed by atoms with Gasteiger partial charge in [0.15, 0.2) is 0 Å². The molecule has 0 radical (unpaired) electrons. The zero-order valence-electron chi connectivity index (χ0n) is 10.2. The molecule has 0 saturated heterocycles. The summed E-state index contributed by atoms with van der Waals surface area (Å²) >= 11 is 19.5. The van der Waals surface area contributed by atoms with Crippen molar-refractivity contribution < 1.29 is 9.90 Å². The Balaban J connectivity index is 0. The van der Waals surface area contributed by atoms with E-state index in [-0.39, 0.29) is 16.6 Å². The predicted molar refractivity (Wildman–Crippen MR) is 78.6 cm³/mol. The molecule has 0 aromatic rings. The number of thiol groups is 1. The SMILES string of the molecule is CC(C)N(C(=O)O)C(C)C.SCC(Cl)=C(Cl)Cl. The average Bonchev–Trinajstić information content (AvgIpc) is 2.15. The normalized spacial score (nSPS) is 9.76. The van der Waals surface area contributed by atoms with E-state index in [9.17, 15) is 4.79 Å². The molecule has 0 rings (SSSR count). The highest BCUT2D eigenvalue weighted by atomic mass is 35.5. The van der Waals surface area contributed by atoms with Crippen LogP contribution in [-0.4, -0.2) is 33.9 Å². The van der Waals surface area contributed by atoms with Crippen LogP contribution in [0.1, 0.15) is 27.7 Å². The molecule has 7 heteroatoms. The van der Waals surface area contributed by atoms with Gasteiger partial charge in [-0.05, 0) is 27.7 Å². The van der Waals surface area contributed by atoms with Gasteiger partial charge in [-0.25, -0.2) is 4.79 Å². The molecule has 0 saturated carbocycles. The molecule has 0 fully saturated rings. The molecule has 0 heterocycles. The molecule has 0 bridgehead atoms. The van der Waals surface area contributed by atoms with Crippen LogP contribution in [0.5, 0.6) is 0 Å². The number of carboxylic acid groups (broad SMARTS) is 1. The Morgan fingerprint density at radius 3 is 1.53 bits per heavy atom. The molecule has 3 nitrogen and oxygen atoms in total. The first kappa shape index (κ1) is 19.6. The van der Waals surface area contributed by atoms with Crippen LogP contribution < -0.4 is 0 Å². The maximum atomic E-state index is 10.5. The van der Waals surface area contributed by atoms with Crippen LogP contribution in [0, 0.1) is 0 Å². The van der Waals surface area contributed by atoms with E-state index >= 15 is 0 Å². The van der Waals surface area contributed by atoms with Gasteiger partial charge in [0, 0.05) is 17.8 Å². The molecule has 0 aliphatic carbocycles. The molecular formula is C10H18Cl3NO2S. The molecule has 0 aromatic carbocycles. The second-order valence-corrected chi connectivity index (χ2v) is 5.42. The smallest absolute Gasteiger partial charge is 0.407 e. The van der Waals surface area contributed by atoms with E-state index in [0.29, 0.717) is 10.8 Å². The van der Waals surface area contributed by atoms with Gasteiger partial charge in [-0.15, -0.1) is 0 Å². The third-order valence-corrected chi connectivity index (χ3v) is 3.15. The Labute approximate surface area is 123 Å². The fourth-order valence-corrected chi connectivity index (χ4v) is 1.58. The molecule has 0 aliphatic rings. The van der Waals surface area contributed by atoms with Crippen LogP contribution in [0.2, 0.25) is 0 Å². The Bertz CT molecular complexity index is 258. The average molecular weight is 323 g/mol. The van der Waals surface area contributed by atoms with Crippen LogP contribution in [0.3, 0.4) is 0 Å². The number of rotatable bonds is 3. The first-order chi connectivity index (χ1) is 7.64. The highest BCUT2D eigenvalue weighted by Crippen LogP contribution is 2.17. The van der Waals surface area contributed by atoms with E-state index in [0.717, 1.165) is 0 Å². The summed E-state index contributed by atoms with van der Waals surface area (Å²) in [7, 11) is 0. The van der Waals surface area contributed by atoms with Gasteiger partial charge in [0.25, 0.3) is 0 Å². The lowest BCUT2D eigenvalue weighted by atomic mass is 10.2. The van der Waals surface area contributed by atoms with Crippen molar-refractivity contribution in [2.45, 2.75) is 39.8 Å². The van der Waals surface area contributed by atoms with E-state index in [1.165, 1.54) is 4.90 Å². The predicted octanol–water partition coefficient (Wildman–Crippen LogP) is 4.58. The van der Waals surface area contributed by atoms with Gasteiger partial charge in [-0.1, -0.05) is 34.8 Å². The van der Waals surface area contributed by atoms with Gasteiger partial charge < -0.3 is 10.0 Å². The van der Waals surface area contributed by atoms with Crippen LogP contribution >= 0.6 is 47.4 Å². The number of carbonyl (C=O) groups is 1. The Morgan fingerprint density at radius 1 is 1.18 bits per heavy atom. The fraction of sp³-hybridized carbons (Fsp3) is 0.700. The van der Waals surface area contributed by atoms with Crippen molar-refractivity contribution in [1.29, 1.82) is 0 Å². The molecule has 1 N–H and O–H groups in total. The third kappa shape index (κ3) is 9.89. The van der Waals surface area contributed by atoms with E-state index in [1.807, 2.05) is 27.7 Å². The maximum absolute atomic E-state index is 10.5. The topological polar surface area (TPSA) is 40.5 Å². The Hall–Kier alpha value is 0.230. The number of halogens is 3. The highest BCUT2D eigenvalue weighted by molar-refractivity contribution is 7.80. The molecule has 1 amide bonds. The van der Waals surface area contributed by atoms with Crippen LogP contribution in [0.4, 0.5) is 4.79 Å². The second kappa shape index (κ2) is 10.2. The zero-order chi connectivity index (χ0) is 14.2. The van der Waals surface area contributed by atoms with Gasteiger partial charge in [0.05, 0.1) is 5.03 Å². The van der Waals surface area contributed by atoms with E-state index in [2.05, 4.69) is 12.6 Å². The number of hydrogen-bond donors (Lipinski definition) is 2. The van der Waals surface area contributed by atoms with Gasteiger partial charge in [-0.2, -0.15) is 12.6 Å². The van der Waals surface area contributed by atoms with Crippen LogP contribution in [0.25, 0.3) is 0 Å². The molecule has 102 valence electrons. The number of nitrogens with zero attached hydrogens (tertiary/aromatic N) is 1. The summed E-state index contributed by atoms with van der Waals surface area (Å²) < 4.78 is 0.0941. The molecule has 0 spiro atoms. The Kier molecular flexibility index (Phi) is 11.7. The van der Waals surface area contributed by atoms with Crippen LogP contribution in [-0.2, 0) is 0 Å². The minimum Gasteiger partial charge on any atom is -0.465 e. The minimum absolute atomic E-state index is 0.0671. The minimum atomic E-state index is -0.843. The Morgan fingerprint density at radius 2 is 1.53 bits per heavy atom. The number of amides is 1. The van der Waals surface area contributed by atoms with Crippen molar-refractivity contribution >= 4 is 53.5 Å². The summed E-state index contributed by atoms with van der Waals surface area (Å²) in [6.07, 6.45) is -0.843. The number of hydrogen-bond acceptors (Lipinski definition) is 2. The van der Waals surface area contributed by atoms with Gasteiger partial charge in [0.2, 0.25) is 0 Å². The van der Waals surface area contributed by atoms with Crippen molar-refractivity contribution in [2.75, 3.05) is 5.75 Å². The monoisotopic (exact) mass is 321 g/mol. The van der Waals surface area contributed by atoms with E-state index < -0.39 is 6.09 Å². The summed E-state index contributed by atoms with van der Waals surface area (Å²) in [5, 5.41) is 9.02. The van der Waals surface area contributed by atoms with Gasteiger partial charge in [0.1, 0.15) is 4.49 Å². The van der Waals surface area contributed by atoms with Crippen molar-refractivity contribution in [3.63, 3.8) is 0 Å². The lowest BCUT2D eigenvalue weighted by Crippen LogP contribution is -2.40. The van der Waals surface area contributed by atoms with Gasteiger partial charge in [-0.3, -0.25) is 0 Å². The van der Waals surface area contributed by atoms with Crippen molar-refractivity contribution in [3.05, 3.63) is 9.52 Å². The maximum Gasteiger partial charge on any atom is 0.407 e. The molecule has 17 heavy (non-hydrogen) atoms. The zero-order valence-corrected chi connectivity index (χ0v) is 13.4. The second-order valence-electron chi connectivity index (χ2n) is 3.70. The molecule has 0 atom stereocenters. The van der Waals surface area contributed by atoms with Crippen LogP contribution in [0.15, 0.2) is 9.52 Å². The molecule has 0 aliphatic heterocycles. The highest BCUT2D eigenvalue weighted by Gasteiger charge is 2.17. The molecule has 0 unspecified atom stereocenters. The van der Waals surface area contributed by atoms with Crippen molar-refractivity contribution in [3.8, 4) is 0 Å². The van der Waals surface area contributed by atoms with Crippen molar-refractivity contribution in [2.24, 2.45) is 0 Å². The standard InChI is InChI=1S/C7H15NO2.C3H3Cl3S/c1-5(2)8(6(3)4)7(9)10;4-2(1-7)3(5)6/h5-6H,1-4H3,(H,9,10);7H,1H2. The summed E-state index contributed by atoms with van der Waals surface area (Å²) in [6.45, 7) is 7.48. The third-order valence-electron chi connectivity index (χ3n) is 1.68. The lowest BCUT2D eigenvalue weighted by Gasteiger charge is -2.27. The fourth-order valence-electron chi connectivity index (χ4n) is 1.10. The van der Waals surface area contributed by atoms with E-state index in [4.69, 9.17) is 39.9 Å². The van der Waals surface area contributed by atoms with Crippen molar-refractivity contribution in [1.82, 2.24) is 4.90 Å². The first-order valence-corrected chi connectivity index (χ1v) is 6.73. The lowest BCUT2D eigenvalue weighted by molar-refractivity contribution is 0.116. The summed E-state index contributed by atoms with van der Waals surface area (Å²) in [5.41, 5.74) is 0. The summed E-state index contributed by atoms with van der Waals surface area (Å²) in [6, 6.07) is 0.134. The largest absolute Gasteiger partial charge is 0.465 e. The molecular weight excluding hydrogens is 305 g/mol. The molecule has 0 aromatic heterocycles. The van der Waals surface area contributed by atoms with Gasteiger partial charge >= 0.3 is 6.09 Å². The van der Waals surface area contributed by atoms with E-state index in [1.54, 1.807) is 0 Å². The first-order valence-electron chi connectivity index (χ1n) is 4.96.